The maximum atomic E-state index is 13.0. The van der Waals surface area contributed by atoms with E-state index in [-0.39, 0.29) is 30.1 Å². The van der Waals surface area contributed by atoms with Crippen LogP contribution in [0.1, 0.15) is 29.9 Å². The lowest BCUT2D eigenvalue weighted by molar-refractivity contribution is -0.133. The summed E-state index contributed by atoms with van der Waals surface area (Å²) in [5, 5.41) is 13.4. The number of nitrogens with two attached hydrogens (primary N) is 1. The number of morpholine rings is 1. The Labute approximate surface area is 171 Å². The summed E-state index contributed by atoms with van der Waals surface area (Å²) in [6.07, 6.45) is 0.773. The number of halogens is 2. The Bertz CT molecular complexity index is 1090. The molecule has 0 aromatic carbocycles. The van der Waals surface area contributed by atoms with Crippen molar-refractivity contribution in [2.24, 2.45) is 0 Å². The van der Waals surface area contributed by atoms with Crippen molar-refractivity contribution in [1.29, 1.82) is 0 Å². The summed E-state index contributed by atoms with van der Waals surface area (Å²) in [6, 6.07) is 4.73. The fourth-order valence-electron chi connectivity index (χ4n) is 4.02. The largest absolute Gasteiger partial charge is 0.399 e. The molecule has 156 valence electrons. The second-order valence-electron chi connectivity index (χ2n) is 7.71. The number of aryl methyl sites for hydroxylation is 1. The Kier molecular flexibility index (Phi) is 4.58. The average molecular weight is 413 g/mol. The van der Waals surface area contributed by atoms with Gasteiger partial charge >= 0.3 is 0 Å². The highest BCUT2D eigenvalue weighted by molar-refractivity contribution is 5.94. The van der Waals surface area contributed by atoms with Crippen LogP contribution in [0.2, 0.25) is 0 Å². The fourth-order valence-corrected chi connectivity index (χ4v) is 4.02. The molecule has 3 aromatic heterocycles. The number of alkyl halides is 2. The van der Waals surface area contributed by atoms with Crippen LogP contribution in [-0.2, 0) is 11.3 Å². The minimum absolute atomic E-state index is 0.191. The number of ether oxygens (including phenoxy) is 1. The van der Waals surface area contributed by atoms with E-state index in [9.17, 15) is 8.78 Å². The smallest absolute Gasteiger partial charge is 0.280 e. The lowest BCUT2D eigenvalue weighted by Crippen LogP contribution is -2.57. The first-order valence-corrected chi connectivity index (χ1v) is 9.78. The van der Waals surface area contributed by atoms with Gasteiger partial charge in [0.2, 0.25) is 0 Å². The predicted octanol–water partition coefficient (Wildman–Crippen LogP) is 2.84. The van der Waals surface area contributed by atoms with E-state index in [1.165, 1.54) is 6.07 Å². The van der Waals surface area contributed by atoms with E-state index in [1.54, 1.807) is 12.3 Å². The number of nitrogens with zero attached hydrogens (tertiary/aromatic N) is 5. The summed E-state index contributed by atoms with van der Waals surface area (Å²) in [7, 11) is 0. The van der Waals surface area contributed by atoms with Crippen LogP contribution in [0, 0.1) is 6.92 Å². The van der Waals surface area contributed by atoms with Gasteiger partial charge in [-0.2, -0.15) is 5.10 Å². The molecule has 0 amide bonds. The number of nitrogen functional groups attached to an aromatic ring is 1. The van der Waals surface area contributed by atoms with Crippen LogP contribution in [0.4, 0.5) is 26.1 Å². The van der Waals surface area contributed by atoms with Crippen LogP contribution in [-0.4, -0.2) is 45.5 Å². The summed E-state index contributed by atoms with van der Waals surface area (Å²) in [6.45, 7) is 3.70. The van der Waals surface area contributed by atoms with Gasteiger partial charge in [0, 0.05) is 42.2 Å². The third-order valence-electron chi connectivity index (χ3n) is 5.50. The number of aromatic nitrogens is 4. The lowest BCUT2D eigenvalue weighted by atomic mass is 9.99. The van der Waals surface area contributed by atoms with Gasteiger partial charge in [0.25, 0.3) is 6.43 Å². The van der Waals surface area contributed by atoms with Crippen LogP contribution in [0.25, 0.3) is 10.8 Å². The molecule has 0 aliphatic carbocycles. The third-order valence-corrected chi connectivity index (χ3v) is 5.50. The molecule has 6 rings (SSSR count). The fraction of sp³-hybridized carbons (Fsp3) is 0.400. The van der Waals surface area contributed by atoms with Crippen LogP contribution in [0.5, 0.6) is 0 Å². The average Bonchev–Trinajstić information content (AvgIpc) is 2.72. The van der Waals surface area contributed by atoms with Crippen LogP contribution in [0.15, 0.2) is 24.4 Å². The highest BCUT2D eigenvalue weighted by Crippen LogP contribution is 2.33. The standard InChI is InChI=1S/C20H21F2N7O/c1-10-16-7-24-18(29-8-13-4-14(9-29)30-13)5-15(16)20(28-27-10)25-6-12-2-11(23)3-17(26-12)19(21)22/h2-3,5,7,13-14,19H,4,6,8-9H2,1H3,(H2,23,26)(H,25,28). The van der Waals surface area contributed by atoms with Gasteiger partial charge < -0.3 is 20.7 Å². The van der Waals surface area contributed by atoms with Crippen molar-refractivity contribution in [3.63, 3.8) is 0 Å². The Hall–Kier alpha value is -3.14. The van der Waals surface area contributed by atoms with Crippen molar-refractivity contribution in [3.8, 4) is 0 Å². The summed E-state index contributed by atoms with van der Waals surface area (Å²) in [5.74, 6) is 1.40. The van der Waals surface area contributed by atoms with Crippen LogP contribution < -0.4 is 16.0 Å². The molecule has 2 unspecified atom stereocenters. The molecule has 30 heavy (non-hydrogen) atoms. The van der Waals surface area contributed by atoms with E-state index in [0.29, 0.717) is 11.5 Å². The Morgan fingerprint density at radius 3 is 2.70 bits per heavy atom. The molecule has 3 aliphatic rings. The Morgan fingerprint density at radius 1 is 1.20 bits per heavy atom. The zero-order valence-corrected chi connectivity index (χ0v) is 16.3. The maximum Gasteiger partial charge on any atom is 0.280 e. The molecule has 3 saturated heterocycles. The molecule has 10 heteroatoms. The SMILES string of the molecule is Cc1nnc(NCc2cc(N)cc(C(F)F)n2)c2cc(N3CC4CC(C3)O4)ncc12. The van der Waals surface area contributed by atoms with E-state index in [0.717, 1.165) is 41.8 Å². The highest BCUT2D eigenvalue weighted by atomic mass is 19.3. The predicted molar refractivity (Wildman–Crippen MR) is 108 cm³/mol. The first kappa shape index (κ1) is 18.9. The van der Waals surface area contributed by atoms with Crippen molar-refractivity contribution in [2.75, 3.05) is 29.0 Å². The number of rotatable bonds is 5. The molecule has 2 atom stereocenters. The summed E-state index contributed by atoms with van der Waals surface area (Å²) < 4.78 is 31.7. The zero-order valence-electron chi connectivity index (χ0n) is 16.3. The topological polar surface area (TPSA) is 102 Å². The number of anilines is 3. The molecule has 0 saturated carbocycles. The molecule has 3 fully saturated rings. The minimum atomic E-state index is -2.68. The van der Waals surface area contributed by atoms with Gasteiger partial charge in [-0.3, -0.25) is 0 Å². The van der Waals surface area contributed by atoms with Gasteiger partial charge in [-0.05, 0) is 25.1 Å². The van der Waals surface area contributed by atoms with E-state index in [4.69, 9.17) is 10.5 Å². The highest BCUT2D eigenvalue weighted by Gasteiger charge is 2.38. The van der Waals surface area contributed by atoms with Gasteiger partial charge in [-0.1, -0.05) is 0 Å². The zero-order chi connectivity index (χ0) is 20.8. The summed E-state index contributed by atoms with van der Waals surface area (Å²) in [5.41, 5.74) is 6.81. The van der Waals surface area contributed by atoms with Crippen LogP contribution >= 0.6 is 0 Å². The second kappa shape index (κ2) is 7.28. The minimum Gasteiger partial charge on any atom is -0.399 e. The number of nitrogens with one attached hydrogen (secondary N) is 1. The van der Waals surface area contributed by atoms with Crippen molar-refractivity contribution in [1.82, 2.24) is 20.2 Å². The number of hydrogen-bond donors (Lipinski definition) is 2. The normalized spacial score (nSPS) is 20.5. The molecule has 6 heterocycles. The van der Waals surface area contributed by atoms with E-state index in [2.05, 4.69) is 30.4 Å². The molecular formula is C20H21F2N7O. The van der Waals surface area contributed by atoms with Gasteiger partial charge in [-0.25, -0.2) is 18.7 Å². The molecule has 0 radical (unpaired) electrons. The van der Waals surface area contributed by atoms with Gasteiger partial charge in [0.05, 0.1) is 30.1 Å². The van der Waals surface area contributed by atoms with Gasteiger partial charge in [0.1, 0.15) is 11.5 Å². The van der Waals surface area contributed by atoms with E-state index >= 15 is 0 Å². The molecule has 0 spiro atoms. The second-order valence-corrected chi connectivity index (χ2v) is 7.71. The Balaban J connectivity index is 1.44. The van der Waals surface area contributed by atoms with Crippen molar-refractivity contribution in [3.05, 3.63) is 41.5 Å². The van der Waals surface area contributed by atoms with Gasteiger partial charge in [0.15, 0.2) is 5.82 Å². The van der Waals surface area contributed by atoms with E-state index < -0.39 is 6.43 Å². The monoisotopic (exact) mass is 413 g/mol. The van der Waals surface area contributed by atoms with Crippen molar-refractivity contribution in [2.45, 2.75) is 38.5 Å². The molecular weight excluding hydrogens is 392 g/mol. The first-order chi connectivity index (χ1) is 14.5. The molecule has 3 aliphatic heterocycles. The van der Waals surface area contributed by atoms with Crippen molar-refractivity contribution >= 4 is 28.1 Å². The molecule has 2 bridgehead atoms. The Morgan fingerprint density at radius 2 is 1.97 bits per heavy atom. The summed E-state index contributed by atoms with van der Waals surface area (Å²) >= 11 is 0. The van der Waals surface area contributed by atoms with Crippen LogP contribution in [0.3, 0.4) is 0 Å². The van der Waals surface area contributed by atoms with Crippen molar-refractivity contribution < 1.29 is 13.5 Å². The lowest BCUT2D eigenvalue weighted by Gasteiger charge is -2.47. The van der Waals surface area contributed by atoms with E-state index in [1.807, 2.05) is 13.0 Å². The summed E-state index contributed by atoms with van der Waals surface area (Å²) in [4.78, 5) is 10.8. The van der Waals surface area contributed by atoms with Gasteiger partial charge in [-0.15, -0.1) is 5.10 Å². The quantitative estimate of drug-likeness (QED) is 0.658. The third kappa shape index (κ3) is 3.47. The molecule has 3 N–H and O–H groups in total. The maximum absolute atomic E-state index is 13.0. The number of hydrogen-bond acceptors (Lipinski definition) is 8. The number of piperidine rings is 1. The number of pyridine rings is 2. The molecule has 3 aromatic rings. The number of fused-ring (bicyclic) bond motifs is 3. The molecule has 8 nitrogen and oxygen atoms in total. The first-order valence-electron chi connectivity index (χ1n) is 9.78.